The van der Waals surface area contributed by atoms with Gasteiger partial charge in [-0.15, -0.1) is 0 Å². The van der Waals surface area contributed by atoms with Crippen molar-refractivity contribution in [2.75, 3.05) is 6.61 Å². The molecule has 10 nitrogen and oxygen atoms in total. The summed E-state index contributed by atoms with van der Waals surface area (Å²) < 4.78 is 11.3. The summed E-state index contributed by atoms with van der Waals surface area (Å²) in [6, 6.07) is 9.59. The third-order valence-electron chi connectivity index (χ3n) is 6.57. The van der Waals surface area contributed by atoms with Crippen LogP contribution in [0.25, 0.3) is 11.1 Å². The van der Waals surface area contributed by atoms with Gasteiger partial charge < -0.3 is 45.2 Å². The second kappa shape index (κ2) is 10.6. The third-order valence-corrected chi connectivity index (χ3v) is 6.57. The van der Waals surface area contributed by atoms with Gasteiger partial charge in [0, 0.05) is 24.0 Å². The van der Waals surface area contributed by atoms with Crippen LogP contribution < -0.4 is 0 Å². The highest BCUT2D eigenvalue weighted by atomic mass is 16.7. The van der Waals surface area contributed by atoms with Gasteiger partial charge in [-0.25, -0.2) is 0 Å². The molecule has 1 fully saturated rings. The van der Waals surface area contributed by atoms with Gasteiger partial charge in [-0.2, -0.15) is 0 Å². The topological polar surface area (TPSA) is 177 Å². The number of phenolic OH excluding ortho intramolecular Hbond substituents is 2. The van der Waals surface area contributed by atoms with Crippen molar-refractivity contribution in [3.63, 3.8) is 0 Å². The summed E-state index contributed by atoms with van der Waals surface area (Å²) in [5.74, 6) is -0.522. The standard InChI is InChI=1S/C25H30O10/c26-11-21-22(31)23(32)24(33)25(35-21)34-14-7-13-3-5-18(28)16(9-13)15-8-12(1-4-17(15)27)2-6-19(29)20(30)10-14/h1,3-5,8-9,14,20-28,30-33H,2,6-7,10-11H2/t14-,20-,21+,22+,23-,24+,25+/m0/s1. The third kappa shape index (κ3) is 5.49. The number of ketones is 1. The highest BCUT2D eigenvalue weighted by Gasteiger charge is 2.45. The highest BCUT2D eigenvalue weighted by Crippen LogP contribution is 2.37. The van der Waals surface area contributed by atoms with Gasteiger partial charge >= 0.3 is 0 Å². The zero-order valence-electron chi connectivity index (χ0n) is 18.9. The summed E-state index contributed by atoms with van der Waals surface area (Å²) in [4.78, 5) is 12.6. The van der Waals surface area contributed by atoms with Crippen LogP contribution in [0.15, 0.2) is 36.4 Å². The number of phenols is 2. The number of fused-ring (bicyclic) bond motifs is 5. The number of aromatic hydroxyl groups is 2. The Bertz CT molecular complexity index is 1050. The van der Waals surface area contributed by atoms with Crippen molar-refractivity contribution in [1.29, 1.82) is 0 Å². The van der Waals surface area contributed by atoms with Crippen LogP contribution in [0.4, 0.5) is 0 Å². The van der Waals surface area contributed by atoms with Gasteiger partial charge in [0.15, 0.2) is 12.1 Å². The Morgan fingerprint density at radius 2 is 1.49 bits per heavy atom. The van der Waals surface area contributed by atoms with Crippen molar-refractivity contribution in [2.24, 2.45) is 0 Å². The Morgan fingerprint density at radius 1 is 0.857 bits per heavy atom. The molecule has 1 heterocycles. The van der Waals surface area contributed by atoms with Crippen molar-refractivity contribution in [2.45, 2.75) is 68.6 Å². The van der Waals surface area contributed by atoms with Crippen LogP contribution in [0.1, 0.15) is 24.0 Å². The number of rotatable bonds is 3. The highest BCUT2D eigenvalue weighted by molar-refractivity contribution is 5.83. The molecule has 0 amide bonds. The molecule has 190 valence electrons. The lowest BCUT2D eigenvalue weighted by atomic mass is 9.96. The van der Waals surface area contributed by atoms with Gasteiger partial charge in [-0.3, -0.25) is 4.79 Å². The van der Waals surface area contributed by atoms with Crippen molar-refractivity contribution < 1.29 is 50.0 Å². The molecule has 1 aliphatic carbocycles. The average molecular weight is 491 g/mol. The molecule has 7 atom stereocenters. The molecule has 4 rings (SSSR count). The molecule has 4 bridgehead atoms. The van der Waals surface area contributed by atoms with E-state index in [0.29, 0.717) is 23.1 Å². The second-order valence-corrected chi connectivity index (χ2v) is 9.08. The van der Waals surface area contributed by atoms with Crippen LogP contribution in [0.3, 0.4) is 0 Å². The first kappa shape index (κ1) is 25.5. The number of benzene rings is 2. The summed E-state index contributed by atoms with van der Waals surface area (Å²) in [5.41, 5.74) is 2.15. The summed E-state index contributed by atoms with van der Waals surface area (Å²) in [6.45, 7) is -0.625. The van der Waals surface area contributed by atoms with E-state index in [0.717, 1.165) is 5.56 Å². The number of aryl methyl sites for hydroxylation is 1. The minimum Gasteiger partial charge on any atom is -0.507 e. The molecule has 2 aromatic rings. The first-order chi connectivity index (χ1) is 16.7. The van der Waals surface area contributed by atoms with Gasteiger partial charge in [0.25, 0.3) is 0 Å². The Balaban J connectivity index is 1.67. The number of Topliss-reactive ketones (excluding diaryl/α,β-unsaturated/α-hetero) is 1. The van der Waals surface area contributed by atoms with Crippen molar-refractivity contribution in [3.8, 4) is 22.6 Å². The molecule has 1 saturated heterocycles. The van der Waals surface area contributed by atoms with Crippen molar-refractivity contribution >= 4 is 5.78 Å². The van der Waals surface area contributed by atoms with E-state index in [-0.39, 0.29) is 30.8 Å². The Morgan fingerprint density at radius 3 is 2.14 bits per heavy atom. The summed E-state index contributed by atoms with van der Waals surface area (Å²) in [5, 5.41) is 71.4. The fourth-order valence-corrected chi connectivity index (χ4v) is 4.51. The normalized spacial score (nSPS) is 31.8. The van der Waals surface area contributed by atoms with E-state index in [9.17, 15) is 40.5 Å². The molecule has 35 heavy (non-hydrogen) atoms. The quantitative estimate of drug-likeness (QED) is 0.304. The van der Waals surface area contributed by atoms with E-state index in [1.165, 1.54) is 12.1 Å². The number of aliphatic hydroxyl groups is 5. The zero-order valence-corrected chi connectivity index (χ0v) is 18.9. The fraction of sp³-hybridized carbons (Fsp3) is 0.480. The summed E-state index contributed by atoms with van der Waals surface area (Å²) in [6.07, 6.45) is -9.39. The van der Waals surface area contributed by atoms with Crippen LogP contribution in [-0.4, -0.2) is 91.0 Å². The molecule has 1 aliphatic heterocycles. The lowest BCUT2D eigenvalue weighted by Crippen LogP contribution is -2.59. The van der Waals surface area contributed by atoms with E-state index in [4.69, 9.17) is 9.47 Å². The maximum absolute atomic E-state index is 12.6. The van der Waals surface area contributed by atoms with Crippen molar-refractivity contribution in [3.05, 3.63) is 47.5 Å². The lowest BCUT2D eigenvalue weighted by molar-refractivity contribution is -0.312. The predicted molar refractivity (Wildman–Crippen MR) is 122 cm³/mol. The minimum absolute atomic E-state index is 0.0295. The number of carbonyl (C=O) groups is 1. The summed E-state index contributed by atoms with van der Waals surface area (Å²) >= 11 is 0. The number of aliphatic hydroxyl groups excluding tert-OH is 5. The summed E-state index contributed by atoms with van der Waals surface area (Å²) in [7, 11) is 0. The van der Waals surface area contributed by atoms with E-state index in [2.05, 4.69) is 0 Å². The second-order valence-electron chi connectivity index (χ2n) is 9.08. The fourth-order valence-electron chi connectivity index (χ4n) is 4.51. The zero-order chi connectivity index (χ0) is 25.3. The smallest absolute Gasteiger partial charge is 0.186 e. The molecule has 2 aromatic carbocycles. The van der Waals surface area contributed by atoms with Crippen LogP contribution in [0.2, 0.25) is 0 Å². The molecule has 10 heteroatoms. The molecule has 0 unspecified atom stereocenters. The Hall–Kier alpha value is -2.57. The van der Waals surface area contributed by atoms with Crippen LogP contribution in [-0.2, 0) is 27.1 Å². The molecular formula is C25H30O10. The minimum atomic E-state index is -1.64. The van der Waals surface area contributed by atoms with Gasteiger partial charge in [-0.1, -0.05) is 12.1 Å². The molecule has 0 saturated carbocycles. The van der Waals surface area contributed by atoms with Gasteiger partial charge in [0.1, 0.15) is 42.0 Å². The Labute approximate surface area is 201 Å². The lowest BCUT2D eigenvalue weighted by Gasteiger charge is -2.41. The molecule has 0 radical (unpaired) electrons. The SMILES string of the molecule is O=C1CCc2ccc(O)c(c2)-c2cc(ccc2O)C[C@H](O[C@@H]2O[C@H](CO)[C@@H](O)[C@H](O)[C@H]2O)C[C@@H]1O. The van der Waals surface area contributed by atoms with E-state index in [1.54, 1.807) is 24.3 Å². The number of hydrogen-bond donors (Lipinski definition) is 7. The van der Waals surface area contributed by atoms with Gasteiger partial charge in [0.2, 0.25) is 0 Å². The number of carbonyl (C=O) groups excluding carboxylic acids is 1. The van der Waals surface area contributed by atoms with E-state index < -0.39 is 55.3 Å². The molecule has 0 spiro atoms. The number of hydrogen-bond acceptors (Lipinski definition) is 10. The molecular weight excluding hydrogens is 460 g/mol. The van der Waals surface area contributed by atoms with Gasteiger partial charge in [-0.05, 0) is 48.2 Å². The van der Waals surface area contributed by atoms with Crippen molar-refractivity contribution in [1.82, 2.24) is 0 Å². The van der Waals surface area contributed by atoms with Crippen LogP contribution in [0.5, 0.6) is 11.5 Å². The average Bonchev–Trinajstić information content (AvgIpc) is 2.84. The van der Waals surface area contributed by atoms with E-state index in [1.807, 2.05) is 0 Å². The molecule has 7 N–H and O–H groups in total. The molecule has 2 aliphatic rings. The van der Waals surface area contributed by atoms with Crippen LogP contribution in [0, 0.1) is 0 Å². The Kier molecular flexibility index (Phi) is 7.72. The first-order valence-corrected chi connectivity index (χ1v) is 11.5. The maximum atomic E-state index is 12.6. The van der Waals surface area contributed by atoms with E-state index >= 15 is 0 Å². The van der Waals surface area contributed by atoms with Gasteiger partial charge in [0.05, 0.1) is 12.7 Å². The largest absolute Gasteiger partial charge is 0.507 e. The predicted octanol–water partition coefficient (Wildman–Crippen LogP) is -0.241. The molecule has 0 aromatic heterocycles. The number of ether oxygens (including phenoxy) is 2. The first-order valence-electron chi connectivity index (χ1n) is 11.5. The monoisotopic (exact) mass is 490 g/mol. The van der Waals surface area contributed by atoms with Crippen LogP contribution >= 0.6 is 0 Å². The maximum Gasteiger partial charge on any atom is 0.186 e.